The molecule has 1 amide bonds. The number of hydrogen-bond acceptors (Lipinski definition) is 4. The molecule has 0 aliphatic heterocycles. The number of carbonyl (C=O) groups excluding carboxylic acids is 1. The largest absolute Gasteiger partial charge is 0.352 e. The molecule has 2 aromatic carbocycles. The van der Waals surface area contributed by atoms with Crippen molar-refractivity contribution in [1.82, 2.24) is 5.32 Å². The second kappa shape index (κ2) is 8.33. The molecule has 140 valence electrons. The summed E-state index contributed by atoms with van der Waals surface area (Å²) in [5.74, 6) is -0.253. The fraction of sp³-hybridized carbons (Fsp3) is 0.316. The number of nitrogens with one attached hydrogen (secondary N) is 2. The first kappa shape index (κ1) is 19.9. The molecule has 0 aliphatic carbocycles. The van der Waals surface area contributed by atoms with Gasteiger partial charge in [0.25, 0.3) is 15.9 Å². The van der Waals surface area contributed by atoms with Crippen molar-refractivity contribution in [2.45, 2.75) is 38.1 Å². The molecular formula is C19H25N3O3S. The average Bonchev–Trinajstić information content (AvgIpc) is 2.58. The number of sulfonamides is 1. The Morgan fingerprint density at radius 2 is 1.77 bits per heavy atom. The quantitative estimate of drug-likeness (QED) is 0.692. The van der Waals surface area contributed by atoms with Crippen molar-refractivity contribution in [3.8, 4) is 0 Å². The van der Waals surface area contributed by atoms with Gasteiger partial charge in [-0.25, -0.2) is 8.42 Å². The average molecular weight is 375 g/mol. The van der Waals surface area contributed by atoms with E-state index in [1.807, 2.05) is 26.8 Å². The van der Waals surface area contributed by atoms with E-state index in [0.29, 0.717) is 24.2 Å². The second-order valence-corrected chi connectivity index (χ2v) is 8.08. The van der Waals surface area contributed by atoms with Crippen LogP contribution in [0.1, 0.15) is 34.8 Å². The molecule has 0 spiro atoms. The molecule has 2 rings (SSSR count). The molecule has 0 heterocycles. The number of benzene rings is 2. The van der Waals surface area contributed by atoms with Crippen molar-refractivity contribution in [1.29, 1.82) is 0 Å². The molecule has 6 nitrogen and oxygen atoms in total. The Hall–Kier alpha value is -2.38. The lowest BCUT2D eigenvalue weighted by molar-refractivity contribution is 0.0952. The summed E-state index contributed by atoms with van der Waals surface area (Å²) in [5.41, 5.74) is 8.47. The molecule has 4 N–H and O–H groups in total. The van der Waals surface area contributed by atoms with E-state index in [0.717, 1.165) is 11.1 Å². The number of aryl methyl sites for hydroxylation is 1. The summed E-state index contributed by atoms with van der Waals surface area (Å²) in [5, 5.41) is 2.76. The van der Waals surface area contributed by atoms with Crippen LogP contribution in [0.5, 0.6) is 0 Å². The van der Waals surface area contributed by atoms with Crippen LogP contribution in [0.2, 0.25) is 0 Å². The highest BCUT2D eigenvalue weighted by Crippen LogP contribution is 2.22. The normalized spacial score (nSPS) is 12.5. The summed E-state index contributed by atoms with van der Waals surface area (Å²) in [6.45, 7) is 6.13. The lowest BCUT2D eigenvalue weighted by Gasteiger charge is -2.12. The minimum Gasteiger partial charge on any atom is -0.352 e. The molecule has 26 heavy (non-hydrogen) atoms. The van der Waals surface area contributed by atoms with E-state index < -0.39 is 10.0 Å². The zero-order chi connectivity index (χ0) is 19.3. The van der Waals surface area contributed by atoms with Crippen LogP contribution in [0.15, 0.2) is 47.4 Å². The van der Waals surface area contributed by atoms with E-state index in [1.54, 1.807) is 12.1 Å². The minimum absolute atomic E-state index is 0.0129. The molecule has 0 saturated heterocycles. The van der Waals surface area contributed by atoms with Crippen LogP contribution in [0.4, 0.5) is 5.69 Å². The molecule has 0 radical (unpaired) electrons. The van der Waals surface area contributed by atoms with Crippen molar-refractivity contribution in [2.24, 2.45) is 5.73 Å². The molecule has 0 bridgehead atoms. The third-order valence-electron chi connectivity index (χ3n) is 4.16. The Bertz CT molecular complexity index is 875. The van der Waals surface area contributed by atoms with Crippen LogP contribution in [0.3, 0.4) is 0 Å². The van der Waals surface area contributed by atoms with Gasteiger partial charge < -0.3 is 11.1 Å². The van der Waals surface area contributed by atoms with Gasteiger partial charge in [-0.3, -0.25) is 9.52 Å². The maximum atomic E-state index is 12.6. The zero-order valence-electron chi connectivity index (χ0n) is 15.2. The van der Waals surface area contributed by atoms with E-state index in [4.69, 9.17) is 5.73 Å². The molecule has 1 atom stereocenters. The summed E-state index contributed by atoms with van der Waals surface area (Å²) < 4.78 is 27.7. The van der Waals surface area contributed by atoms with Gasteiger partial charge in [-0.1, -0.05) is 12.1 Å². The summed E-state index contributed by atoms with van der Waals surface area (Å²) in [4.78, 5) is 12.1. The predicted octanol–water partition coefficient (Wildman–Crippen LogP) is 2.57. The fourth-order valence-electron chi connectivity index (χ4n) is 2.37. The molecule has 0 fully saturated rings. The summed E-state index contributed by atoms with van der Waals surface area (Å²) in [6.07, 6.45) is 0.679. The second-order valence-electron chi connectivity index (χ2n) is 6.40. The van der Waals surface area contributed by atoms with Crippen LogP contribution >= 0.6 is 0 Å². The van der Waals surface area contributed by atoms with E-state index in [-0.39, 0.29) is 16.8 Å². The lowest BCUT2D eigenvalue weighted by atomic mass is 10.1. The van der Waals surface area contributed by atoms with Crippen LogP contribution < -0.4 is 15.8 Å². The Labute approximate surface area is 154 Å². The van der Waals surface area contributed by atoms with E-state index in [1.165, 1.54) is 24.3 Å². The zero-order valence-corrected chi connectivity index (χ0v) is 16.1. The first-order valence-electron chi connectivity index (χ1n) is 8.43. The number of rotatable bonds is 7. The number of nitrogens with two attached hydrogens (primary N) is 1. The highest BCUT2D eigenvalue weighted by Gasteiger charge is 2.16. The Morgan fingerprint density at radius 3 is 2.38 bits per heavy atom. The highest BCUT2D eigenvalue weighted by atomic mass is 32.2. The van der Waals surface area contributed by atoms with Gasteiger partial charge in [-0.15, -0.1) is 0 Å². The van der Waals surface area contributed by atoms with Crippen LogP contribution in [0.25, 0.3) is 0 Å². The van der Waals surface area contributed by atoms with Crippen molar-refractivity contribution < 1.29 is 13.2 Å². The van der Waals surface area contributed by atoms with Crippen molar-refractivity contribution in [2.75, 3.05) is 11.3 Å². The molecule has 0 aromatic heterocycles. The van der Waals surface area contributed by atoms with Gasteiger partial charge in [-0.2, -0.15) is 0 Å². The first-order chi connectivity index (χ1) is 12.2. The Balaban J connectivity index is 2.11. The molecule has 2 aromatic rings. The van der Waals surface area contributed by atoms with Crippen molar-refractivity contribution >= 4 is 21.6 Å². The van der Waals surface area contributed by atoms with Gasteiger partial charge in [0.15, 0.2) is 0 Å². The molecule has 0 aliphatic rings. The monoisotopic (exact) mass is 375 g/mol. The van der Waals surface area contributed by atoms with Crippen LogP contribution in [0, 0.1) is 13.8 Å². The number of amides is 1. The van der Waals surface area contributed by atoms with Crippen LogP contribution in [-0.4, -0.2) is 26.9 Å². The maximum absolute atomic E-state index is 12.6. The first-order valence-corrected chi connectivity index (χ1v) is 9.92. The summed E-state index contributed by atoms with van der Waals surface area (Å²) in [6, 6.07) is 11.3. The van der Waals surface area contributed by atoms with Gasteiger partial charge >= 0.3 is 0 Å². The topological polar surface area (TPSA) is 101 Å². The summed E-state index contributed by atoms with van der Waals surface area (Å²) >= 11 is 0. The van der Waals surface area contributed by atoms with E-state index in [9.17, 15) is 13.2 Å². The SMILES string of the molecule is Cc1cccc(NS(=O)(=O)c2ccc(C(=O)NCCC(C)N)cc2)c1C. The van der Waals surface area contributed by atoms with Crippen molar-refractivity contribution in [3.63, 3.8) is 0 Å². The molecule has 0 saturated carbocycles. The fourth-order valence-corrected chi connectivity index (χ4v) is 3.49. The lowest BCUT2D eigenvalue weighted by Crippen LogP contribution is -2.28. The molecule has 7 heteroatoms. The minimum atomic E-state index is -3.72. The van der Waals surface area contributed by atoms with E-state index >= 15 is 0 Å². The smallest absolute Gasteiger partial charge is 0.261 e. The van der Waals surface area contributed by atoms with Gasteiger partial charge in [0.2, 0.25) is 0 Å². The van der Waals surface area contributed by atoms with Crippen LogP contribution in [-0.2, 0) is 10.0 Å². The standard InChI is InChI=1S/C19H25N3O3S/c1-13-5-4-6-18(15(13)3)22-26(24,25)17-9-7-16(8-10-17)19(23)21-12-11-14(2)20/h4-10,14,22H,11-12,20H2,1-3H3,(H,21,23). The Morgan fingerprint density at radius 1 is 1.12 bits per heavy atom. The third kappa shape index (κ3) is 5.06. The Kier molecular flexibility index (Phi) is 6.39. The van der Waals surface area contributed by atoms with E-state index in [2.05, 4.69) is 10.0 Å². The maximum Gasteiger partial charge on any atom is 0.261 e. The number of hydrogen-bond donors (Lipinski definition) is 3. The number of carbonyl (C=O) groups is 1. The molecule has 1 unspecified atom stereocenters. The van der Waals surface area contributed by atoms with Gasteiger partial charge in [0, 0.05) is 18.2 Å². The summed E-state index contributed by atoms with van der Waals surface area (Å²) in [7, 11) is -3.72. The van der Waals surface area contributed by atoms with Gasteiger partial charge in [0.05, 0.1) is 10.6 Å². The van der Waals surface area contributed by atoms with Gasteiger partial charge in [-0.05, 0) is 68.7 Å². The third-order valence-corrected chi connectivity index (χ3v) is 5.54. The molecular weight excluding hydrogens is 350 g/mol. The van der Waals surface area contributed by atoms with Crippen molar-refractivity contribution in [3.05, 3.63) is 59.2 Å². The number of anilines is 1. The predicted molar refractivity (Wildman–Crippen MR) is 104 cm³/mol. The van der Waals surface area contributed by atoms with Gasteiger partial charge in [0.1, 0.15) is 0 Å². The highest BCUT2D eigenvalue weighted by molar-refractivity contribution is 7.92.